The van der Waals surface area contributed by atoms with Crippen LogP contribution in [-0.2, 0) is 4.79 Å². The van der Waals surface area contributed by atoms with Gasteiger partial charge in [0.1, 0.15) is 6.54 Å². The standard InChI is InChI=1S/C9H15N3O2S/c10-7-1-2-11(5-7)8(13)6-12-3-4-15-9(12)14/h7H,1-6,10H2/t7-/m0/s1. The minimum absolute atomic E-state index is 0.0202. The van der Waals surface area contributed by atoms with Crippen molar-refractivity contribution in [2.45, 2.75) is 12.5 Å². The zero-order chi connectivity index (χ0) is 10.8. The number of amides is 2. The summed E-state index contributed by atoms with van der Waals surface area (Å²) in [5.41, 5.74) is 5.72. The van der Waals surface area contributed by atoms with E-state index in [0.717, 1.165) is 18.7 Å². The Hall–Kier alpha value is -0.750. The fraction of sp³-hybridized carbons (Fsp3) is 0.778. The van der Waals surface area contributed by atoms with Crippen LogP contribution in [0.1, 0.15) is 6.42 Å². The van der Waals surface area contributed by atoms with Crippen LogP contribution in [0.2, 0.25) is 0 Å². The smallest absolute Gasteiger partial charge is 0.282 e. The second-order valence-electron chi connectivity index (χ2n) is 3.92. The molecule has 2 saturated heterocycles. The monoisotopic (exact) mass is 229 g/mol. The molecule has 6 heteroatoms. The number of hydrogen-bond acceptors (Lipinski definition) is 4. The zero-order valence-electron chi connectivity index (χ0n) is 8.52. The van der Waals surface area contributed by atoms with Crippen LogP contribution >= 0.6 is 11.8 Å². The number of hydrogen-bond donors (Lipinski definition) is 1. The fourth-order valence-electron chi connectivity index (χ4n) is 1.85. The van der Waals surface area contributed by atoms with Gasteiger partial charge in [-0.1, -0.05) is 11.8 Å². The molecule has 0 unspecified atom stereocenters. The molecule has 84 valence electrons. The molecular formula is C9H15N3O2S. The molecule has 0 aliphatic carbocycles. The zero-order valence-corrected chi connectivity index (χ0v) is 9.33. The first-order chi connectivity index (χ1) is 7.16. The minimum atomic E-state index is 0.0202. The van der Waals surface area contributed by atoms with E-state index in [4.69, 9.17) is 5.73 Å². The Morgan fingerprint density at radius 3 is 2.87 bits per heavy atom. The van der Waals surface area contributed by atoms with E-state index >= 15 is 0 Å². The summed E-state index contributed by atoms with van der Waals surface area (Å²) >= 11 is 1.28. The average Bonchev–Trinajstić information content (AvgIpc) is 2.77. The molecule has 2 aliphatic rings. The molecule has 0 aromatic rings. The minimum Gasteiger partial charge on any atom is -0.340 e. The normalized spacial score (nSPS) is 26.5. The fourth-order valence-corrected chi connectivity index (χ4v) is 2.67. The van der Waals surface area contributed by atoms with Crippen LogP contribution in [0, 0.1) is 0 Å². The van der Waals surface area contributed by atoms with Crippen molar-refractivity contribution in [3.05, 3.63) is 0 Å². The molecule has 15 heavy (non-hydrogen) atoms. The Labute approximate surface area is 93.0 Å². The maximum absolute atomic E-state index is 11.8. The average molecular weight is 229 g/mol. The summed E-state index contributed by atoms with van der Waals surface area (Å²) in [6, 6.07) is 0.109. The molecule has 2 rings (SSSR count). The van der Waals surface area contributed by atoms with E-state index in [1.165, 1.54) is 11.8 Å². The van der Waals surface area contributed by atoms with E-state index in [0.29, 0.717) is 13.1 Å². The molecule has 0 spiro atoms. The molecule has 2 amide bonds. The molecule has 0 aromatic heterocycles. The van der Waals surface area contributed by atoms with Crippen molar-refractivity contribution >= 4 is 22.9 Å². The van der Waals surface area contributed by atoms with Crippen molar-refractivity contribution in [1.29, 1.82) is 0 Å². The summed E-state index contributed by atoms with van der Waals surface area (Å²) in [5.74, 6) is 0.824. The second-order valence-corrected chi connectivity index (χ2v) is 4.97. The second kappa shape index (κ2) is 4.40. The number of nitrogens with zero attached hydrogens (tertiary/aromatic N) is 2. The first-order valence-electron chi connectivity index (χ1n) is 5.12. The quantitative estimate of drug-likeness (QED) is 0.707. The SMILES string of the molecule is N[C@H]1CCN(C(=O)CN2CCSC2=O)C1. The third-order valence-corrected chi connectivity index (χ3v) is 3.64. The molecule has 2 fully saturated rings. The van der Waals surface area contributed by atoms with E-state index in [2.05, 4.69) is 0 Å². The largest absolute Gasteiger partial charge is 0.340 e. The van der Waals surface area contributed by atoms with Gasteiger partial charge in [-0.3, -0.25) is 9.59 Å². The molecule has 0 radical (unpaired) electrons. The topological polar surface area (TPSA) is 66.6 Å². The highest BCUT2D eigenvalue weighted by molar-refractivity contribution is 8.13. The van der Waals surface area contributed by atoms with E-state index in [1.807, 2.05) is 0 Å². The molecule has 2 N–H and O–H groups in total. The number of likely N-dealkylation sites (tertiary alicyclic amines) is 1. The molecule has 2 heterocycles. The number of thioether (sulfide) groups is 1. The summed E-state index contributed by atoms with van der Waals surface area (Å²) in [7, 11) is 0. The number of carbonyl (C=O) groups excluding carboxylic acids is 2. The predicted molar refractivity (Wildman–Crippen MR) is 58.6 cm³/mol. The molecule has 5 nitrogen and oxygen atoms in total. The van der Waals surface area contributed by atoms with Gasteiger partial charge < -0.3 is 15.5 Å². The molecule has 0 bridgehead atoms. The lowest BCUT2D eigenvalue weighted by atomic mass is 10.3. The van der Waals surface area contributed by atoms with Gasteiger partial charge in [-0.25, -0.2) is 0 Å². The van der Waals surface area contributed by atoms with Crippen LogP contribution in [0.5, 0.6) is 0 Å². The maximum Gasteiger partial charge on any atom is 0.282 e. The lowest BCUT2D eigenvalue weighted by Gasteiger charge is -2.20. The Bertz CT molecular complexity index is 285. The van der Waals surface area contributed by atoms with Crippen molar-refractivity contribution in [3.63, 3.8) is 0 Å². The van der Waals surface area contributed by atoms with Gasteiger partial charge in [-0.15, -0.1) is 0 Å². The van der Waals surface area contributed by atoms with Gasteiger partial charge in [0, 0.05) is 31.4 Å². The van der Waals surface area contributed by atoms with Gasteiger partial charge in [0.15, 0.2) is 0 Å². The van der Waals surface area contributed by atoms with Crippen LogP contribution in [0.4, 0.5) is 4.79 Å². The molecule has 0 saturated carbocycles. The summed E-state index contributed by atoms with van der Waals surface area (Å²) in [6.07, 6.45) is 0.869. The van der Waals surface area contributed by atoms with Gasteiger partial charge in [0.25, 0.3) is 5.24 Å². The summed E-state index contributed by atoms with van der Waals surface area (Å²) in [5, 5.41) is 0.0202. The molecule has 0 aromatic carbocycles. The Morgan fingerprint density at radius 1 is 1.53 bits per heavy atom. The van der Waals surface area contributed by atoms with E-state index < -0.39 is 0 Å². The van der Waals surface area contributed by atoms with E-state index in [1.54, 1.807) is 9.80 Å². The summed E-state index contributed by atoms with van der Waals surface area (Å²) in [6.45, 7) is 2.27. The van der Waals surface area contributed by atoms with E-state index in [-0.39, 0.29) is 23.7 Å². The van der Waals surface area contributed by atoms with Crippen molar-refractivity contribution in [3.8, 4) is 0 Å². The van der Waals surface area contributed by atoms with Crippen LogP contribution in [0.3, 0.4) is 0 Å². The highest BCUT2D eigenvalue weighted by Gasteiger charge is 2.28. The summed E-state index contributed by atoms with van der Waals surface area (Å²) in [4.78, 5) is 26.4. The lowest BCUT2D eigenvalue weighted by molar-refractivity contribution is -0.130. The van der Waals surface area contributed by atoms with Crippen LogP contribution in [-0.4, -0.2) is 58.9 Å². The third-order valence-electron chi connectivity index (χ3n) is 2.75. The van der Waals surface area contributed by atoms with E-state index in [9.17, 15) is 9.59 Å². The number of nitrogens with two attached hydrogens (primary N) is 1. The lowest BCUT2D eigenvalue weighted by Crippen LogP contribution is -2.40. The molecule has 2 aliphatic heterocycles. The highest BCUT2D eigenvalue weighted by atomic mass is 32.2. The van der Waals surface area contributed by atoms with Gasteiger partial charge in [0.05, 0.1) is 0 Å². The van der Waals surface area contributed by atoms with Gasteiger partial charge in [0.2, 0.25) is 5.91 Å². The first kappa shape index (κ1) is 10.8. The highest BCUT2D eigenvalue weighted by Crippen LogP contribution is 2.17. The maximum atomic E-state index is 11.8. The molecular weight excluding hydrogens is 214 g/mol. The van der Waals surface area contributed by atoms with Crippen LogP contribution in [0.15, 0.2) is 0 Å². The van der Waals surface area contributed by atoms with Crippen molar-refractivity contribution in [2.24, 2.45) is 5.73 Å². The first-order valence-corrected chi connectivity index (χ1v) is 6.10. The van der Waals surface area contributed by atoms with Crippen molar-refractivity contribution in [2.75, 3.05) is 31.9 Å². The van der Waals surface area contributed by atoms with Gasteiger partial charge in [-0.2, -0.15) is 0 Å². The predicted octanol–water partition coefficient (Wildman–Crippen LogP) is -0.285. The van der Waals surface area contributed by atoms with Crippen molar-refractivity contribution in [1.82, 2.24) is 9.80 Å². The number of carbonyl (C=O) groups is 2. The van der Waals surface area contributed by atoms with Crippen molar-refractivity contribution < 1.29 is 9.59 Å². The van der Waals surface area contributed by atoms with Crippen LogP contribution < -0.4 is 5.73 Å². The van der Waals surface area contributed by atoms with Gasteiger partial charge >= 0.3 is 0 Å². The molecule has 1 atom stereocenters. The third kappa shape index (κ3) is 2.43. The summed E-state index contributed by atoms with van der Waals surface area (Å²) < 4.78 is 0. The Balaban J connectivity index is 1.84. The van der Waals surface area contributed by atoms with Crippen LogP contribution in [0.25, 0.3) is 0 Å². The number of rotatable bonds is 2. The van der Waals surface area contributed by atoms with Gasteiger partial charge in [-0.05, 0) is 6.42 Å². The Kier molecular flexibility index (Phi) is 3.16. The Morgan fingerprint density at radius 2 is 2.33 bits per heavy atom.